The molecule has 0 amide bonds. The zero-order valence-corrected chi connectivity index (χ0v) is 59.2. The van der Waals surface area contributed by atoms with Crippen LogP contribution in [-0.2, 0) is 48.2 Å². The number of rotatable bonds is 69. The lowest BCUT2D eigenvalue weighted by molar-refractivity contribution is -0.144. The summed E-state index contributed by atoms with van der Waals surface area (Å²) in [5.74, 6) is 3.61. The Balaban J connectivity index is 2.49. The first-order valence-corrected chi connectivity index (χ1v) is 40.4. The van der Waals surface area contributed by atoms with Crippen molar-refractivity contribution in [2.24, 2.45) is 0 Å². The van der Waals surface area contributed by atoms with Crippen molar-refractivity contribution in [3.63, 3.8) is 0 Å². The summed E-state index contributed by atoms with van der Waals surface area (Å²) in [7, 11) is 0. The van der Waals surface area contributed by atoms with E-state index in [1.165, 1.54) is 289 Å². The number of hydrogen-bond acceptors (Lipinski definition) is 12. The number of unbranched alkanes of at least 4 members (excludes halogenated alkanes) is 45. The van der Waals surface area contributed by atoms with Gasteiger partial charge in [0.15, 0.2) is 0 Å². The topological polar surface area (TPSA) is 145 Å². The molecule has 0 atom stereocenters. The standard InChI is InChI=1S/C72H135N3O9S3/c1-4-7-10-13-16-19-22-25-28-31-34-37-40-43-46-49-61-85-64-52-67(76)82-58-55-73-70(79)74(56-59-83-68(77)53-65-86-62-50-47-44-41-38-35-32-29-26-23-20-17-14-11-8-5-2)72(81)75(71(73)80)57-60-84-69(78)54-66-87-63-51-48-45-42-39-36-33-30-27-24-21-18-15-12-9-6-3/h4-66H2,1-3H3. The summed E-state index contributed by atoms with van der Waals surface area (Å²) in [6.45, 7) is 5.35. The van der Waals surface area contributed by atoms with Gasteiger partial charge in [-0.2, -0.15) is 35.3 Å². The molecule has 15 heteroatoms. The van der Waals surface area contributed by atoms with Crippen LogP contribution >= 0.6 is 35.3 Å². The Morgan fingerprint density at radius 1 is 0.253 bits per heavy atom. The molecule has 87 heavy (non-hydrogen) atoms. The van der Waals surface area contributed by atoms with E-state index in [0.717, 1.165) is 50.2 Å². The summed E-state index contributed by atoms with van der Waals surface area (Å²) in [5.41, 5.74) is -2.64. The van der Waals surface area contributed by atoms with E-state index in [0.29, 0.717) is 17.3 Å². The average Bonchev–Trinajstić information content (AvgIpc) is 1.75. The smallest absolute Gasteiger partial charge is 0.336 e. The lowest BCUT2D eigenvalue weighted by Gasteiger charge is -2.14. The third kappa shape index (κ3) is 53.1. The number of aromatic nitrogens is 3. The Bertz CT molecular complexity index is 1650. The lowest BCUT2D eigenvalue weighted by Crippen LogP contribution is -2.55. The average molecular weight is 1280 g/mol. The second-order valence-electron chi connectivity index (χ2n) is 25.0. The number of carbonyl (C=O) groups excluding carboxylic acids is 3. The Morgan fingerprint density at radius 2 is 0.414 bits per heavy atom. The number of nitrogens with zero attached hydrogens (tertiary/aromatic N) is 3. The first-order chi connectivity index (χ1) is 42.8. The molecule has 1 heterocycles. The third-order valence-corrected chi connectivity index (χ3v) is 20.1. The van der Waals surface area contributed by atoms with Gasteiger partial charge in [-0.05, 0) is 36.5 Å². The summed E-state index contributed by atoms with van der Waals surface area (Å²) in [4.78, 5) is 79.2. The third-order valence-electron chi connectivity index (χ3n) is 16.9. The number of carbonyl (C=O) groups is 3. The first kappa shape index (κ1) is 82.9. The highest BCUT2D eigenvalue weighted by atomic mass is 32.2. The van der Waals surface area contributed by atoms with E-state index < -0.39 is 35.0 Å². The summed E-state index contributed by atoms with van der Waals surface area (Å²) >= 11 is 5.20. The number of esters is 3. The quantitative estimate of drug-likeness (QED) is 0.0348. The van der Waals surface area contributed by atoms with Crippen molar-refractivity contribution in [2.45, 2.75) is 368 Å². The highest BCUT2D eigenvalue weighted by Crippen LogP contribution is 2.19. The minimum absolute atomic E-state index is 0.217. The van der Waals surface area contributed by atoms with Crippen molar-refractivity contribution in [1.29, 1.82) is 0 Å². The molecule has 0 spiro atoms. The summed E-state index contributed by atoms with van der Waals surface area (Å²) in [6.07, 6.45) is 64.7. The molecule has 510 valence electrons. The van der Waals surface area contributed by atoms with E-state index in [1.807, 2.05) is 0 Å². The fourth-order valence-electron chi connectivity index (χ4n) is 11.3. The molecule has 0 unspecified atom stereocenters. The molecule has 0 fully saturated rings. The molecular weight excluding hydrogens is 1150 g/mol. The fraction of sp³-hybridized carbons (Fsp3) is 0.917. The molecule has 0 aliphatic heterocycles. The second-order valence-corrected chi connectivity index (χ2v) is 28.6. The molecule has 0 saturated carbocycles. The highest BCUT2D eigenvalue weighted by Gasteiger charge is 2.18. The van der Waals surface area contributed by atoms with Crippen molar-refractivity contribution >= 4 is 53.2 Å². The van der Waals surface area contributed by atoms with E-state index in [4.69, 9.17) is 14.2 Å². The van der Waals surface area contributed by atoms with Crippen molar-refractivity contribution in [2.75, 3.05) is 54.3 Å². The summed E-state index contributed by atoms with van der Waals surface area (Å²) in [5, 5.41) is 0. The van der Waals surface area contributed by atoms with Crippen LogP contribution in [-0.4, -0.2) is 85.9 Å². The number of hydrogen-bond donors (Lipinski definition) is 0. The van der Waals surface area contributed by atoms with Gasteiger partial charge in [0, 0.05) is 17.3 Å². The minimum atomic E-state index is -0.879. The monoisotopic (exact) mass is 1280 g/mol. The molecule has 0 aliphatic rings. The van der Waals surface area contributed by atoms with Crippen molar-refractivity contribution in [3.8, 4) is 0 Å². The molecule has 1 rings (SSSR count). The molecule has 1 aromatic heterocycles. The fourth-order valence-corrected chi connectivity index (χ4v) is 14.0. The van der Waals surface area contributed by atoms with Gasteiger partial charge in [0.1, 0.15) is 19.8 Å². The Hall–Kier alpha value is -2.13. The van der Waals surface area contributed by atoms with Gasteiger partial charge in [0.25, 0.3) is 0 Å². The van der Waals surface area contributed by atoms with Gasteiger partial charge >= 0.3 is 35.0 Å². The minimum Gasteiger partial charge on any atom is -0.464 e. The molecule has 12 nitrogen and oxygen atoms in total. The lowest BCUT2D eigenvalue weighted by atomic mass is 10.0. The van der Waals surface area contributed by atoms with E-state index >= 15 is 0 Å². The molecule has 0 N–H and O–H groups in total. The Morgan fingerprint density at radius 3 is 0.586 bits per heavy atom. The predicted molar refractivity (Wildman–Crippen MR) is 377 cm³/mol. The van der Waals surface area contributed by atoms with Gasteiger partial charge in [-0.25, -0.2) is 28.1 Å². The zero-order chi connectivity index (χ0) is 63.0. The van der Waals surface area contributed by atoms with Crippen LogP contribution in [0.5, 0.6) is 0 Å². The molecule has 0 saturated heterocycles. The summed E-state index contributed by atoms with van der Waals surface area (Å²) < 4.78 is 19.0. The Kier molecular flexibility index (Phi) is 62.3. The molecule has 0 bridgehead atoms. The number of thioether (sulfide) groups is 3. The van der Waals surface area contributed by atoms with Crippen LogP contribution in [0.25, 0.3) is 0 Å². The maximum atomic E-state index is 13.7. The summed E-state index contributed by atoms with van der Waals surface area (Å²) in [6, 6.07) is 0. The SMILES string of the molecule is CCCCCCCCCCCCCCCCCCSCCC(=O)OCCn1c(=O)n(CCOC(=O)CCSCCCCCCCCCCCCCCCCCC)c(=O)n(CCOC(=O)CCSCCCCCCCCCCCCCCCCCC)c1=O. The van der Waals surface area contributed by atoms with E-state index in [-0.39, 0.29) is 58.7 Å². The van der Waals surface area contributed by atoms with E-state index in [9.17, 15) is 28.8 Å². The van der Waals surface area contributed by atoms with Crippen LogP contribution in [0, 0.1) is 0 Å². The van der Waals surface area contributed by atoms with Crippen molar-refractivity contribution in [1.82, 2.24) is 13.7 Å². The molecule has 0 aromatic carbocycles. The van der Waals surface area contributed by atoms with Crippen molar-refractivity contribution < 1.29 is 28.6 Å². The maximum absolute atomic E-state index is 13.7. The maximum Gasteiger partial charge on any atom is 0.336 e. The van der Waals surface area contributed by atoms with Gasteiger partial charge in [-0.3, -0.25) is 14.4 Å². The van der Waals surface area contributed by atoms with E-state index in [1.54, 1.807) is 35.3 Å². The second kappa shape index (κ2) is 65.4. The molecular formula is C72H135N3O9S3. The molecule has 0 aliphatic carbocycles. The van der Waals surface area contributed by atoms with Gasteiger partial charge in [0.05, 0.1) is 38.9 Å². The van der Waals surface area contributed by atoms with Gasteiger partial charge < -0.3 is 14.2 Å². The number of ether oxygens (including phenoxy) is 3. The molecule has 1 aromatic rings. The molecule has 0 radical (unpaired) electrons. The Labute approximate surface area is 546 Å². The van der Waals surface area contributed by atoms with Crippen LogP contribution in [0.2, 0.25) is 0 Å². The van der Waals surface area contributed by atoms with Crippen LogP contribution in [0.4, 0.5) is 0 Å². The van der Waals surface area contributed by atoms with Crippen LogP contribution in [0.1, 0.15) is 348 Å². The van der Waals surface area contributed by atoms with E-state index in [2.05, 4.69) is 20.8 Å². The zero-order valence-electron chi connectivity index (χ0n) is 56.8. The van der Waals surface area contributed by atoms with Gasteiger partial charge in [-0.15, -0.1) is 0 Å². The highest BCUT2D eigenvalue weighted by molar-refractivity contribution is 7.99. The normalized spacial score (nSPS) is 11.5. The predicted octanol–water partition coefficient (Wildman–Crippen LogP) is 20.0. The first-order valence-electron chi connectivity index (χ1n) is 36.9. The van der Waals surface area contributed by atoms with Crippen molar-refractivity contribution in [3.05, 3.63) is 31.5 Å². The van der Waals surface area contributed by atoms with Gasteiger partial charge in [-0.1, -0.05) is 310 Å². The van der Waals surface area contributed by atoms with Crippen LogP contribution < -0.4 is 17.1 Å². The van der Waals surface area contributed by atoms with Crippen LogP contribution in [0.3, 0.4) is 0 Å². The van der Waals surface area contributed by atoms with Gasteiger partial charge in [0.2, 0.25) is 0 Å². The van der Waals surface area contributed by atoms with Crippen LogP contribution in [0.15, 0.2) is 14.4 Å². The largest absolute Gasteiger partial charge is 0.464 e.